The highest BCUT2D eigenvalue weighted by molar-refractivity contribution is 7.99. The molecule has 152 valence electrons. The quantitative estimate of drug-likeness (QED) is 0.409. The second-order valence-electron chi connectivity index (χ2n) is 7.00. The van der Waals surface area contributed by atoms with Gasteiger partial charge >= 0.3 is 0 Å². The van der Waals surface area contributed by atoms with E-state index in [1.807, 2.05) is 31.2 Å². The van der Waals surface area contributed by atoms with E-state index in [9.17, 15) is 4.79 Å². The number of ether oxygens (including phenoxy) is 1. The monoisotopic (exact) mass is 430 g/mol. The highest BCUT2D eigenvalue weighted by Gasteiger charge is 2.24. The van der Waals surface area contributed by atoms with Gasteiger partial charge in [-0.1, -0.05) is 11.8 Å². The van der Waals surface area contributed by atoms with E-state index in [0.29, 0.717) is 17.6 Å². The molecule has 1 aliphatic rings. The van der Waals surface area contributed by atoms with Gasteiger partial charge in [-0.3, -0.25) is 4.79 Å². The van der Waals surface area contributed by atoms with Gasteiger partial charge in [-0.2, -0.15) is 0 Å². The zero-order valence-electron chi connectivity index (χ0n) is 16.4. The van der Waals surface area contributed by atoms with Gasteiger partial charge in [0.05, 0.1) is 36.2 Å². The molecule has 0 bridgehead atoms. The molecule has 0 radical (unpaired) electrons. The average molecular weight is 431 g/mol. The number of hydrogen-bond acceptors (Lipinski definition) is 7. The number of aromatic nitrogens is 2. The number of nitrogen functional groups attached to an aromatic ring is 1. The van der Waals surface area contributed by atoms with Crippen molar-refractivity contribution in [3.8, 4) is 5.75 Å². The van der Waals surface area contributed by atoms with E-state index in [0.717, 1.165) is 41.2 Å². The number of quaternary nitrogens is 1. The highest BCUT2D eigenvalue weighted by Crippen LogP contribution is 2.35. The van der Waals surface area contributed by atoms with Gasteiger partial charge in [-0.05, 0) is 36.8 Å². The van der Waals surface area contributed by atoms with Crippen LogP contribution in [-0.2, 0) is 17.8 Å². The van der Waals surface area contributed by atoms with Crippen molar-refractivity contribution < 1.29 is 14.4 Å². The fourth-order valence-electron chi connectivity index (χ4n) is 3.41. The topological polar surface area (TPSA) is 94.6 Å². The van der Waals surface area contributed by atoms with Gasteiger partial charge < -0.3 is 20.7 Å². The molecule has 0 spiro atoms. The van der Waals surface area contributed by atoms with Crippen molar-refractivity contribution in [2.75, 3.05) is 37.0 Å². The molecule has 7 nitrogen and oxygen atoms in total. The van der Waals surface area contributed by atoms with Gasteiger partial charge in [0.25, 0.3) is 0 Å². The van der Waals surface area contributed by atoms with Crippen molar-refractivity contribution >= 4 is 50.7 Å². The van der Waals surface area contributed by atoms with E-state index in [1.165, 1.54) is 27.1 Å². The molecule has 0 aliphatic carbocycles. The molecule has 1 aromatic carbocycles. The lowest BCUT2D eigenvalue weighted by atomic mass is 10.1. The number of benzene rings is 1. The standard InChI is InChI=1S/C20H23N5O2S2/c1-3-27-13-6-4-12(5-7-13)22-16(26)11-28-20-23-18(21)17-14-8-9-25(2)10-15(14)29-19(17)24-20/h4-7H,3,8-11H2,1-2H3,(H,22,26)(H2,21,23,24)/p+1. The first-order valence-electron chi connectivity index (χ1n) is 9.58. The number of nitrogens with one attached hydrogen (secondary N) is 2. The molecule has 4 N–H and O–H groups in total. The summed E-state index contributed by atoms with van der Waals surface area (Å²) in [5.41, 5.74) is 8.28. The van der Waals surface area contributed by atoms with E-state index in [2.05, 4.69) is 22.3 Å². The highest BCUT2D eigenvalue weighted by atomic mass is 32.2. The predicted molar refractivity (Wildman–Crippen MR) is 118 cm³/mol. The van der Waals surface area contributed by atoms with Gasteiger partial charge in [0.2, 0.25) is 5.91 Å². The Morgan fingerprint density at radius 3 is 2.90 bits per heavy atom. The Labute approximate surface area is 177 Å². The summed E-state index contributed by atoms with van der Waals surface area (Å²) in [7, 11) is 2.20. The summed E-state index contributed by atoms with van der Waals surface area (Å²) in [5.74, 6) is 1.40. The Hall–Kier alpha value is -2.36. The lowest BCUT2D eigenvalue weighted by molar-refractivity contribution is -0.895. The summed E-state index contributed by atoms with van der Waals surface area (Å²) in [6, 6.07) is 7.32. The summed E-state index contributed by atoms with van der Waals surface area (Å²) in [6.45, 7) is 4.65. The minimum absolute atomic E-state index is 0.114. The van der Waals surface area contributed by atoms with Crippen LogP contribution < -0.4 is 20.7 Å². The van der Waals surface area contributed by atoms with Crippen LogP contribution >= 0.6 is 23.1 Å². The van der Waals surface area contributed by atoms with Gasteiger partial charge in [0, 0.05) is 12.1 Å². The Kier molecular flexibility index (Phi) is 5.89. The van der Waals surface area contributed by atoms with Crippen LogP contribution in [0, 0.1) is 0 Å². The number of rotatable bonds is 6. The average Bonchev–Trinajstić information content (AvgIpc) is 3.06. The number of nitrogens with two attached hydrogens (primary N) is 1. The lowest BCUT2D eigenvalue weighted by Gasteiger charge is -2.19. The first kappa shape index (κ1) is 19.9. The number of carbonyl (C=O) groups excluding carboxylic acids is 1. The Morgan fingerprint density at radius 2 is 2.14 bits per heavy atom. The second-order valence-corrected chi connectivity index (χ2v) is 9.03. The molecule has 4 rings (SSSR count). The number of likely N-dealkylation sites (N-methyl/N-ethyl adjacent to an activating group) is 1. The van der Waals surface area contributed by atoms with Gasteiger partial charge in [0.15, 0.2) is 5.16 Å². The summed E-state index contributed by atoms with van der Waals surface area (Å²) in [4.78, 5) is 25.2. The van der Waals surface area contributed by atoms with Crippen LogP contribution in [0.1, 0.15) is 17.4 Å². The molecule has 2 aromatic heterocycles. The smallest absolute Gasteiger partial charge is 0.234 e. The summed E-state index contributed by atoms with van der Waals surface area (Å²) in [5, 5.41) is 4.41. The Morgan fingerprint density at radius 1 is 1.34 bits per heavy atom. The Bertz CT molecular complexity index is 1040. The summed E-state index contributed by atoms with van der Waals surface area (Å²) in [6.07, 6.45) is 1.01. The minimum atomic E-state index is -0.114. The summed E-state index contributed by atoms with van der Waals surface area (Å²) >= 11 is 2.99. The number of anilines is 2. The normalized spacial score (nSPS) is 15.9. The first-order chi connectivity index (χ1) is 14.0. The molecular weight excluding hydrogens is 406 g/mol. The molecule has 0 fully saturated rings. The van der Waals surface area contributed by atoms with Crippen LogP contribution in [-0.4, -0.2) is 41.8 Å². The maximum Gasteiger partial charge on any atom is 0.234 e. The molecule has 3 heterocycles. The van der Waals surface area contributed by atoms with Crippen molar-refractivity contribution in [1.82, 2.24) is 9.97 Å². The van der Waals surface area contributed by atoms with Crippen LogP contribution in [0.2, 0.25) is 0 Å². The number of thiophene rings is 1. The molecule has 0 saturated carbocycles. The third-order valence-corrected chi connectivity index (χ3v) is 6.76. The van der Waals surface area contributed by atoms with E-state index >= 15 is 0 Å². The fraction of sp³-hybridized carbons (Fsp3) is 0.350. The van der Waals surface area contributed by atoms with Crippen LogP contribution in [0.25, 0.3) is 10.2 Å². The van der Waals surface area contributed by atoms with Crippen LogP contribution in [0.4, 0.5) is 11.5 Å². The van der Waals surface area contributed by atoms with Gasteiger partial charge in [0.1, 0.15) is 22.9 Å². The van der Waals surface area contributed by atoms with Crippen molar-refractivity contribution in [3.05, 3.63) is 34.7 Å². The third-order valence-electron chi connectivity index (χ3n) is 4.79. The first-order valence-corrected chi connectivity index (χ1v) is 11.4. The number of hydrogen-bond donors (Lipinski definition) is 3. The maximum absolute atomic E-state index is 12.3. The van der Waals surface area contributed by atoms with Gasteiger partial charge in [-0.15, -0.1) is 11.3 Å². The fourth-order valence-corrected chi connectivity index (χ4v) is 5.46. The second kappa shape index (κ2) is 8.56. The molecule has 1 atom stereocenters. The number of amides is 1. The number of nitrogens with zero attached hydrogens (tertiary/aromatic N) is 2. The van der Waals surface area contributed by atoms with Crippen molar-refractivity contribution in [2.24, 2.45) is 0 Å². The Balaban J connectivity index is 1.42. The zero-order valence-corrected chi connectivity index (χ0v) is 18.1. The van der Waals surface area contributed by atoms with Crippen molar-refractivity contribution in [2.45, 2.75) is 25.0 Å². The van der Waals surface area contributed by atoms with E-state index in [1.54, 1.807) is 11.3 Å². The number of carbonyl (C=O) groups is 1. The molecule has 3 aromatic rings. The third kappa shape index (κ3) is 4.47. The van der Waals surface area contributed by atoms with Crippen LogP contribution in [0.3, 0.4) is 0 Å². The van der Waals surface area contributed by atoms with Gasteiger partial charge in [-0.25, -0.2) is 9.97 Å². The van der Waals surface area contributed by atoms with E-state index in [-0.39, 0.29) is 11.7 Å². The molecule has 1 unspecified atom stereocenters. The largest absolute Gasteiger partial charge is 0.494 e. The van der Waals surface area contributed by atoms with E-state index in [4.69, 9.17) is 10.5 Å². The van der Waals surface area contributed by atoms with Crippen LogP contribution in [0.15, 0.2) is 29.4 Å². The van der Waals surface area contributed by atoms with E-state index < -0.39 is 0 Å². The zero-order chi connectivity index (χ0) is 20.4. The molecule has 0 saturated heterocycles. The number of thioether (sulfide) groups is 1. The number of fused-ring (bicyclic) bond motifs is 3. The SMILES string of the molecule is CCOc1ccc(NC(=O)CSc2nc(N)c3c4c(sc3n2)C[NH+](C)CC4)cc1. The maximum atomic E-state index is 12.3. The summed E-state index contributed by atoms with van der Waals surface area (Å²) < 4.78 is 5.41. The van der Waals surface area contributed by atoms with Crippen molar-refractivity contribution in [3.63, 3.8) is 0 Å². The van der Waals surface area contributed by atoms with Crippen LogP contribution in [0.5, 0.6) is 5.75 Å². The minimum Gasteiger partial charge on any atom is -0.494 e. The molecule has 1 aliphatic heterocycles. The van der Waals surface area contributed by atoms with Crippen molar-refractivity contribution in [1.29, 1.82) is 0 Å². The predicted octanol–water partition coefficient (Wildman–Crippen LogP) is 1.97. The molecular formula is C20H24N5O2S2+. The molecule has 9 heteroatoms. The molecule has 29 heavy (non-hydrogen) atoms. The molecule has 1 amide bonds. The lowest BCUT2D eigenvalue weighted by Crippen LogP contribution is -3.08.